The average molecular weight is 336 g/mol. The van der Waals surface area contributed by atoms with Crippen LogP contribution >= 0.6 is 0 Å². The van der Waals surface area contributed by atoms with Crippen LogP contribution in [0.5, 0.6) is 11.5 Å². The molecule has 0 heterocycles. The number of halogens is 6. The predicted molar refractivity (Wildman–Crippen MR) is 68.9 cm³/mol. The molecule has 2 nitrogen and oxygen atoms in total. The minimum absolute atomic E-state index is 0.421. The van der Waals surface area contributed by atoms with Crippen molar-refractivity contribution in [1.82, 2.24) is 0 Å². The molecule has 2 aromatic carbocycles. The van der Waals surface area contributed by atoms with Crippen LogP contribution in [0, 0.1) is 0 Å². The Morgan fingerprint density at radius 2 is 0.870 bits per heavy atom. The van der Waals surface area contributed by atoms with Gasteiger partial charge in [-0.3, -0.25) is 0 Å². The Kier molecular flexibility index (Phi) is 3.96. The van der Waals surface area contributed by atoms with E-state index in [4.69, 9.17) is 0 Å². The van der Waals surface area contributed by atoms with Gasteiger partial charge in [0.15, 0.2) is 0 Å². The van der Waals surface area contributed by atoms with Gasteiger partial charge in [0.25, 0.3) is 0 Å². The summed E-state index contributed by atoms with van der Waals surface area (Å²) in [6.07, 6.45) is 0. The summed E-state index contributed by atoms with van der Waals surface area (Å²) in [6.45, 7) is 0. The molecule has 0 aliphatic carbocycles. The van der Waals surface area contributed by atoms with Gasteiger partial charge in [0.1, 0.15) is 11.5 Å². The number of hydrogen-bond donors (Lipinski definition) is 2. The highest BCUT2D eigenvalue weighted by Crippen LogP contribution is 2.57. The summed E-state index contributed by atoms with van der Waals surface area (Å²) >= 11 is 0. The van der Waals surface area contributed by atoms with Crippen LogP contribution in [-0.2, 0) is 11.8 Å². The molecule has 2 aromatic rings. The molecule has 0 saturated carbocycles. The van der Waals surface area contributed by atoms with Gasteiger partial charge in [-0.1, -0.05) is 24.3 Å². The smallest absolute Gasteiger partial charge is 0.380 e. The number of benzene rings is 2. The molecule has 0 amide bonds. The summed E-state index contributed by atoms with van der Waals surface area (Å²) in [7, 11) is 0. The molecule has 0 bridgehead atoms. The van der Waals surface area contributed by atoms with Gasteiger partial charge in [0, 0.05) is 0 Å². The summed E-state index contributed by atoms with van der Waals surface area (Å²) < 4.78 is 84.1. The maximum atomic E-state index is 14.0. The fourth-order valence-corrected chi connectivity index (χ4v) is 2.01. The highest BCUT2D eigenvalue weighted by Gasteiger charge is 2.73. The van der Waals surface area contributed by atoms with Gasteiger partial charge in [-0.2, -0.15) is 26.3 Å². The lowest BCUT2D eigenvalue weighted by atomic mass is 9.92. The van der Waals surface area contributed by atoms with Crippen LogP contribution in [0.1, 0.15) is 11.1 Å². The maximum Gasteiger partial charge on any atom is 0.380 e. The third-order valence-electron chi connectivity index (χ3n) is 3.27. The van der Waals surface area contributed by atoms with E-state index in [0.717, 1.165) is 24.3 Å². The first-order valence-corrected chi connectivity index (χ1v) is 6.24. The van der Waals surface area contributed by atoms with Crippen molar-refractivity contribution in [1.29, 1.82) is 0 Å². The van der Waals surface area contributed by atoms with Crippen LogP contribution in [0.3, 0.4) is 0 Å². The molecule has 0 radical (unpaired) electrons. The molecule has 0 unspecified atom stereocenters. The Morgan fingerprint density at radius 3 is 1.17 bits per heavy atom. The van der Waals surface area contributed by atoms with Crippen molar-refractivity contribution in [3.8, 4) is 11.5 Å². The summed E-state index contributed by atoms with van der Waals surface area (Å²) in [5, 5.41) is 18.6. The van der Waals surface area contributed by atoms with Crippen molar-refractivity contribution >= 4 is 0 Å². The first kappa shape index (κ1) is 17.0. The molecule has 0 aromatic heterocycles. The number of rotatable bonds is 4. The van der Waals surface area contributed by atoms with Crippen molar-refractivity contribution in [2.24, 2.45) is 0 Å². The highest BCUT2D eigenvalue weighted by atomic mass is 19.3. The van der Waals surface area contributed by atoms with Crippen LogP contribution < -0.4 is 0 Å². The van der Waals surface area contributed by atoms with Gasteiger partial charge in [0.05, 0.1) is 11.1 Å². The summed E-state index contributed by atoms with van der Waals surface area (Å²) in [5.74, 6) is -19.2. The van der Waals surface area contributed by atoms with Crippen LogP contribution in [0.4, 0.5) is 26.3 Å². The maximum absolute atomic E-state index is 14.0. The minimum Gasteiger partial charge on any atom is -0.507 e. The van der Waals surface area contributed by atoms with Gasteiger partial charge in [-0.25, -0.2) is 0 Å². The number of aromatic hydroxyl groups is 2. The largest absolute Gasteiger partial charge is 0.507 e. The molecular weight excluding hydrogens is 326 g/mol. The Hall–Kier alpha value is -2.38. The Morgan fingerprint density at radius 1 is 0.565 bits per heavy atom. The fraction of sp³-hybridized carbons (Fsp3) is 0.200. The molecule has 2 N–H and O–H groups in total. The van der Waals surface area contributed by atoms with E-state index >= 15 is 0 Å². The van der Waals surface area contributed by atoms with Crippen LogP contribution in [-0.4, -0.2) is 16.1 Å². The van der Waals surface area contributed by atoms with Crippen LogP contribution in [0.25, 0.3) is 0 Å². The second kappa shape index (κ2) is 5.36. The number of phenols is 2. The van der Waals surface area contributed by atoms with E-state index in [1.54, 1.807) is 0 Å². The molecule has 0 atom stereocenters. The van der Waals surface area contributed by atoms with Crippen LogP contribution in [0.15, 0.2) is 48.5 Å². The van der Waals surface area contributed by atoms with E-state index in [1.165, 1.54) is 0 Å². The minimum atomic E-state index is -5.91. The van der Waals surface area contributed by atoms with Crippen molar-refractivity contribution < 1.29 is 36.6 Å². The Bertz CT molecular complexity index is 655. The van der Waals surface area contributed by atoms with Gasteiger partial charge in [-0.15, -0.1) is 0 Å². The molecule has 0 saturated heterocycles. The third-order valence-corrected chi connectivity index (χ3v) is 3.27. The fourth-order valence-electron chi connectivity index (χ4n) is 2.01. The summed E-state index contributed by atoms with van der Waals surface area (Å²) in [6, 6.07) is 6.15. The predicted octanol–water partition coefficient (Wildman–Crippen LogP) is 4.62. The normalized spacial score (nSPS) is 13.1. The van der Waals surface area contributed by atoms with E-state index in [2.05, 4.69) is 0 Å². The van der Waals surface area contributed by atoms with Gasteiger partial charge in [-0.05, 0) is 24.3 Å². The second-order valence-corrected chi connectivity index (χ2v) is 4.76. The van der Waals surface area contributed by atoms with E-state index < -0.39 is 40.4 Å². The second-order valence-electron chi connectivity index (χ2n) is 4.76. The average Bonchev–Trinajstić information content (AvgIpc) is 2.47. The first-order valence-electron chi connectivity index (χ1n) is 6.24. The van der Waals surface area contributed by atoms with Gasteiger partial charge in [0.2, 0.25) is 0 Å². The standard InChI is InChI=1S/C15H10F6O2/c16-13(17,9-5-1-3-7-11(9)22)15(20,21)14(18,19)10-6-2-4-8-12(10)23/h1-8,22-23H. The first-order chi connectivity index (χ1) is 10.5. The SMILES string of the molecule is Oc1ccccc1C(F)(F)C(F)(F)C(F)(F)c1ccccc1O. The number of phenolic OH excluding ortho intramolecular Hbond substituents is 2. The van der Waals surface area contributed by atoms with E-state index in [9.17, 15) is 36.6 Å². The molecule has 8 heteroatoms. The monoisotopic (exact) mass is 336 g/mol. The lowest BCUT2D eigenvalue weighted by molar-refractivity contribution is -0.321. The lowest BCUT2D eigenvalue weighted by Gasteiger charge is -2.33. The van der Waals surface area contributed by atoms with Crippen molar-refractivity contribution in [3.63, 3.8) is 0 Å². The topological polar surface area (TPSA) is 40.5 Å². The molecule has 0 aliphatic rings. The zero-order valence-electron chi connectivity index (χ0n) is 11.3. The van der Waals surface area contributed by atoms with Crippen LogP contribution in [0.2, 0.25) is 0 Å². The molecule has 23 heavy (non-hydrogen) atoms. The third kappa shape index (κ3) is 2.47. The summed E-state index contributed by atoms with van der Waals surface area (Å²) in [5.41, 5.74) is -3.28. The molecule has 124 valence electrons. The number of para-hydroxylation sites is 2. The van der Waals surface area contributed by atoms with Gasteiger partial charge >= 0.3 is 17.8 Å². The molecular formula is C15H10F6O2. The van der Waals surface area contributed by atoms with E-state index in [-0.39, 0.29) is 0 Å². The van der Waals surface area contributed by atoms with Crippen molar-refractivity contribution in [2.75, 3.05) is 0 Å². The van der Waals surface area contributed by atoms with E-state index in [1.807, 2.05) is 0 Å². The quantitative estimate of drug-likeness (QED) is 0.800. The lowest BCUT2D eigenvalue weighted by Crippen LogP contribution is -2.50. The molecule has 0 spiro atoms. The Balaban J connectivity index is 2.60. The molecule has 0 aliphatic heterocycles. The molecule has 2 rings (SSSR count). The van der Waals surface area contributed by atoms with Gasteiger partial charge < -0.3 is 10.2 Å². The van der Waals surface area contributed by atoms with E-state index in [0.29, 0.717) is 24.3 Å². The molecule has 0 fully saturated rings. The van der Waals surface area contributed by atoms with Crippen molar-refractivity contribution in [2.45, 2.75) is 17.8 Å². The highest BCUT2D eigenvalue weighted by molar-refractivity contribution is 5.41. The summed E-state index contributed by atoms with van der Waals surface area (Å²) in [4.78, 5) is 0. The van der Waals surface area contributed by atoms with Crippen molar-refractivity contribution in [3.05, 3.63) is 59.7 Å². The number of alkyl halides is 6. The Labute approximate surface area is 126 Å². The zero-order valence-corrected chi connectivity index (χ0v) is 11.3. The number of hydrogen-bond acceptors (Lipinski definition) is 2. The zero-order chi connectivity index (χ0) is 17.5.